The van der Waals surface area contributed by atoms with Crippen LogP contribution in [0.4, 0.5) is 26.3 Å². The molecule has 6 aromatic rings. The summed E-state index contributed by atoms with van der Waals surface area (Å²) >= 11 is 0. The highest BCUT2D eigenvalue weighted by atomic mass is 19.3. The van der Waals surface area contributed by atoms with Crippen LogP contribution in [0, 0.1) is 16.2 Å². The number of H-pyrrole nitrogens is 3. The summed E-state index contributed by atoms with van der Waals surface area (Å²) in [6.45, 7) is 19.1. The van der Waals surface area contributed by atoms with Crippen LogP contribution in [-0.4, -0.2) is 65.7 Å². The maximum atomic E-state index is 13.6. The minimum Gasteiger partial charge on any atom is -0.294 e. The predicted molar refractivity (Wildman–Crippen MR) is 321 cm³/mol. The molecule has 3 saturated carbocycles. The molecule has 15 rings (SSSR count). The summed E-state index contributed by atoms with van der Waals surface area (Å²) in [5.74, 6) is -8.06. The van der Waals surface area contributed by atoms with Crippen LogP contribution in [0.15, 0.2) is 124 Å². The van der Waals surface area contributed by atoms with Crippen molar-refractivity contribution in [3.63, 3.8) is 0 Å². The molecule has 87 heavy (non-hydrogen) atoms. The average molecular weight is 1190 g/mol. The zero-order valence-corrected chi connectivity index (χ0v) is 51.3. The van der Waals surface area contributed by atoms with Gasteiger partial charge in [-0.15, -0.1) is 0 Å². The van der Waals surface area contributed by atoms with E-state index in [0.29, 0.717) is 38.5 Å². The fourth-order valence-electron chi connectivity index (χ4n) is 17.6. The highest BCUT2D eigenvalue weighted by Crippen LogP contribution is 2.61. The van der Waals surface area contributed by atoms with Gasteiger partial charge in [-0.2, -0.15) is 15.3 Å². The fraction of sp³-hybridized carbons (Fsp3) is 0.500. The molecule has 3 fully saturated rings. The lowest BCUT2D eigenvalue weighted by atomic mass is 9.57. The predicted octanol–water partition coefficient (Wildman–Crippen LogP) is 16.4. The summed E-state index contributed by atoms with van der Waals surface area (Å²) in [6, 6.07) is 30.0. The molecular formula is C72H78F6N6O3. The molecule has 0 bridgehead atoms. The third kappa shape index (κ3) is 9.88. The van der Waals surface area contributed by atoms with Crippen LogP contribution >= 0.6 is 0 Å². The van der Waals surface area contributed by atoms with Gasteiger partial charge in [0.25, 0.3) is 0 Å². The first-order valence-corrected chi connectivity index (χ1v) is 31.1. The normalized spacial score (nSPS) is 28.0. The molecule has 3 aromatic carbocycles. The van der Waals surface area contributed by atoms with E-state index in [1.807, 2.05) is 91.0 Å². The van der Waals surface area contributed by atoms with E-state index in [1.54, 1.807) is 0 Å². The molecule has 3 heterocycles. The quantitative estimate of drug-likeness (QED) is 0.142. The summed E-state index contributed by atoms with van der Waals surface area (Å²) in [5, 5.41) is 23.1. The highest BCUT2D eigenvalue weighted by Gasteiger charge is 2.57. The number of allylic oxidation sites excluding steroid dienone is 6. The SMILES string of the molecule is CC1(C)CC(=O)C2=C(Cc3[nH]nc(C4CC(F)(F)C4)c3C2(C)c2ccccc2)C1.CC1(C)CC(=O)C2=C(Cc3[nH]nc(C4CC(F)(F)C4)c3[C@@]2(C)c2ccccc2)C1.CC1(C)CC(=O)C2=C(Cc3[nH]nc(C4CC(F)(F)C4)c3[C@]2(C)c2ccccc2)C1. The van der Waals surface area contributed by atoms with Crippen LogP contribution < -0.4 is 0 Å². The van der Waals surface area contributed by atoms with E-state index in [0.717, 1.165) is 104 Å². The lowest BCUT2D eigenvalue weighted by Gasteiger charge is -2.45. The van der Waals surface area contributed by atoms with E-state index >= 15 is 0 Å². The van der Waals surface area contributed by atoms with Crippen molar-refractivity contribution in [2.24, 2.45) is 16.2 Å². The highest BCUT2D eigenvalue weighted by molar-refractivity contribution is 6.03. The summed E-state index contributed by atoms with van der Waals surface area (Å²) in [7, 11) is 0. The number of rotatable bonds is 6. The largest absolute Gasteiger partial charge is 0.294 e. The number of alkyl halides is 6. The number of benzene rings is 3. The minimum absolute atomic E-state index is 0.0656. The van der Waals surface area contributed by atoms with Gasteiger partial charge < -0.3 is 0 Å². The lowest BCUT2D eigenvalue weighted by Crippen LogP contribution is -2.42. The van der Waals surface area contributed by atoms with Crippen LogP contribution in [-0.2, 0) is 49.9 Å². The van der Waals surface area contributed by atoms with Crippen molar-refractivity contribution in [1.29, 1.82) is 0 Å². The van der Waals surface area contributed by atoms with E-state index in [2.05, 4.69) is 92.9 Å². The Balaban J connectivity index is 0.000000121. The van der Waals surface area contributed by atoms with Gasteiger partial charge in [-0.3, -0.25) is 29.7 Å². The zero-order valence-electron chi connectivity index (χ0n) is 51.3. The Morgan fingerprint density at radius 3 is 0.805 bits per heavy atom. The average Bonchev–Trinajstić information content (AvgIpc) is 1.99. The van der Waals surface area contributed by atoms with E-state index in [1.165, 1.54) is 16.7 Å². The molecule has 9 nitrogen and oxygen atoms in total. The van der Waals surface area contributed by atoms with Gasteiger partial charge >= 0.3 is 0 Å². The molecule has 0 saturated heterocycles. The Morgan fingerprint density at radius 2 is 0.586 bits per heavy atom. The number of Topliss-reactive ketones (excluding diaryl/α,β-unsaturated/α-hetero) is 3. The van der Waals surface area contributed by atoms with Gasteiger partial charge in [-0.1, -0.05) is 149 Å². The number of hydrogen-bond acceptors (Lipinski definition) is 6. The molecule has 9 aliphatic carbocycles. The number of ketones is 3. The number of aromatic amines is 3. The van der Waals surface area contributed by atoms with Gasteiger partial charge in [0.05, 0.1) is 17.1 Å². The molecule has 3 N–H and O–H groups in total. The van der Waals surface area contributed by atoms with Crippen molar-refractivity contribution in [1.82, 2.24) is 30.6 Å². The first kappa shape index (κ1) is 59.1. The van der Waals surface area contributed by atoms with Crippen LogP contribution in [0.5, 0.6) is 0 Å². The molecule has 1 unspecified atom stereocenters. The van der Waals surface area contributed by atoms with Crippen molar-refractivity contribution >= 4 is 17.3 Å². The van der Waals surface area contributed by atoms with Crippen molar-refractivity contribution < 1.29 is 40.7 Å². The number of halogens is 6. The topological polar surface area (TPSA) is 137 Å². The summed E-state index contributed by atoms with van der Waals surface area (Å²) < 4.78 is 81.9. The molecule has 3 atom stereocenters. The van der Waals surface area contributed by atoms with Crippen molar-refractivity contribution in [2.45, 2.75) is 210 Å². The number of hydrogen-bond donors (Lipinski definition) is 3. The number of nitrogens with one attached hydrogen (secondary N) is 3. The van der Waals surface area contributed by atoms with Crippen LogP contribution in [0.3, 0.4) is 0 Å². The second kappa shape index (κ2) is 20.1. The van der Waals surface area contributed by atoms with E-state index in [4.69, 9.17) is 0 Å². The number of nitrogens with zero attached hydrogens (tertiary/aromatic N) is 3. The zero-order chi connectivity index (χ0) is 61.8. The lowest BCUT2D eigenvalue weighted by molar-refractivity contribution is -0.119. The molecule has 0 aliphatic heterocycles. The maximum Gasteiger partial charge on any atom is 0.249 e. The Morgan fingerprint density at radius 1 is 0.356 bits per heavy atom. The van der Waals surface area contributed by atoms with Gasteiger partial charge in [-0.05, 0) is 73.0 Å². The van der Waals surface area contributed by atoms with E-state index in [-0.39, 0.29) is 89.9 Å². The number of carbonyl (C=O) groups is 3. The third-order valence-electron chi connectivity index (χ3n) is 21.2. The van der Waals surface area contributed by atoms with Crippen molar-refractivity contribution in [3.8, 4) is 0 Å². The molecule has 15 heteroatoms. The fourth-order valence-corrected chi connectivity index (χ4v) is 17.6. The molecule has 0 radical (unpaired) electrons. The standard InChI is InChI=1S/3C24H26F2N2O/c3*1-22(2)10-14-9-17-20(21(28-27-17)15-11-24(25,26)12-15)23(3,19(14)18(29)13-22)16-7-5-4-6-8-16/h3*4-8,15H,9-13H2,1-3H3,(H,27,28)/t2*23-;/m10./s1. The van der Waals surface area contributed by atoms with Crippen LogP contribution in [0.2, 0.25) is 0 Å². The monoisotopic (exact) mass is 1190 g/mol. The van der Waals surface area contributed by atoms with E-state index < -0.39 is 34.0 Å². The van der Waals surface area contributed by atoms with Gasteiger partial charge in [0.1, 0.15) is 0 Å². The Labute approximate surface area is 505 Å². The first-order chi connectivity index (χ1) is 40.8. The smallest absolute Gasteiger partial charge is 0.249 e. The van der Waals surface area contributed by atoms with Gasteiger partial charge in [0, 0.05) is 162 Å². The minimum atomic E-state index is -2.61. The molecular weight excluding hydrogens is 1110 g/mol. The molecule has 9 aliphatic rings. The van der Waals surface area contributed by atoms with Gasteiger partial charge in [0.15, 0.2) is 17.3 Å². The Hall–Kier alpha value is -6.90. The molecule has 456 valence electrons. The van der Waals surface area contributed by atoms with Gasteiger partial charge in [0.2, 0.25) is 17.8 Å². The van der Waals surface area contributed by atoms with Crippen LogP contribution in [0.25, 0.3) is 0 Å². The molecule has 3 aromatic heterocycles. The van der Waals surface area contributed by atoms with Crippen molar-refractivity contribution in [2.75, 3.05) is 0 Å². The summed E-state index contributed by atoms with van der Waals surface area (Å²) in [5.41, 5.74) is 14.9. The van der Waals surface area contributed by atoms with E-state index in [9.17, 15) is 40.7 Å². The second-order valence-electron chi connectivity index (χ2n) is 30.0. The van der Waals surface area contributed by atoms with Crippen LogP contribution in [0.1, 0.15) is 225 Å². The summed E-state index contributed by atoms with van der Waals surface area (Å²) in [6.07, 6.45) is 5.10. The second-order valence-corrected chi connectivity index (χ2v) is 30.0. The number of aromatic nitrogens is 6. The Bertz CT molecular complexity index is 3480. The summed E-state index contributed by atoms with van der Waals surface area (Å²) in [4.78, 5) is 40.3. The number of carbonyl (C=O) groups excluding carboxylic acids is 3. The molecule has 0 spiro atoms. The third-order valence-corrected chi connectivity index (χ3v) is 21.2. The van der Waals surface area contributed by atoms with Crippen molar-refractivity contribution in [3.05, 3.63) is 192 Å². The first-order valence-electron chi connectivity index (χ1n) is 31.1. The number of fused-ring (bicyclic) bond motifs is 3. The van der Waals surface area contributed by atoms with Gasteiger partial charge in [-0.25, -0.2) is 26.3 Å². The maximum absolute atomic E-state index is 13.6. The molecule has 0 amide bonds. The Kier molecular flexibility index (Phi) is 13.6.